The minimum absolute atomic E-state index is 0.497. The van der Waals surface area contributed by atoms with Gasteiger partial charge in [0, 0.05) is 29.9 Å². The average molecular weight is 364 g/mol. The van der Waals surface area contributed by atoms with Crippen molar-refractivity contribution >= 4 is 26.6 Å². The Balaban J connectivity index is 1.76. The van der Waals surface area contributed by atoms with Crippen molar-refractivity contribution < 1.29 is 8.42 Å². The summed E-state index contributed by atoms with van der Waals surface area (Å²) in [6, 6.07) is 10.2. The molecule has 0 unspecified atom stereocenters. The molecule has 1 aromatic carbocycles. The predicted molar refractivity (Wildman–Crippen MR) is 105 cm³/mol. The highest BCUT2D eigenvalue weighted by Crippen LogP contribution is 2.22. The number of aryl methyl sites for hydroxylation is 1. The lowest BCUT2D eigenvalue weighted by molar-refractivity contribution is 0.540. The Morgan fingerprint density at radius 3 is 2.44 bits per heavy atom. The lowest BCUT2D eigenvalue weighted by Gasteiger charge is -2.19. The van der Waals surface area contributed by atoms with Gasteiger partial charge in [-0.3, -0.25) is 4.98 Å². The highest BCUT2D eigenvalue weighted by Gasteiger charge is 2.27. The smallest absolute Gasteiger partial charge is 0.216 e. The first-order chi connectivity index (χ1) is 11.7. The summed E-state index contributed by atoms with van der Waals surface area (Å²) in [5.74, 6) is 0. The fourth-order valence-corrected chi connectivity index (χ4v) is 3.37. The van der Waals surface area contributed by atoms with Crippen LogP contribution in [-0.2, 0) is 10.0 Å². The Morgan fingerprint density at radius 2 is 1.72 bits per heavy atom. The molecule has 0 spiro atoms. The highest BCUT2D eigenvalue weighted by molar-refractivity contribution is 7.90. The number of benzene rings is 1. The summed E-state index contributed by atoms with van der Waals surface area (Å²) in [5, 5.41) is 4.61. The maximum absolute atomic E-state index is 12.0. The number of para-hydroxylation sites is 1. The third-order valence-electron chi connectivity index (χ3n) is 4.11. The van der Waals surface area contributed by atoms with E-state index in [1.165, 1.54) is 0 Å². The van der Waals surface area contributed by atoms with Gasteiger partial charge in [0.1, 0.15) is 0 Å². The topological polar surface area (TPSA) is 71.1 Å². The fourth-order valence-electron chi connectivity index (χ4n) is 2.53. The second-order valence-corrected chi connectivity index (χ2v) is 9.85. The zero-order valence-corrected chi connectivity index (χ0v) is 16.4. The summed E-state index contributed by atoms with van der Waals surface area (Å²) in [4.78, 5) is 4.54. The molecule has 0 aliphatic rings. The van der Waals surface area contributed by atoms with Crippen LogP contribution in [0.5, 0.6) is 0 Å². The molecule has 1 heterocycles. The molecule has 0 fully saturated rings. The van der Waals surface area contributed by atoms with Crippen LogP contribution in [0.1, 0.15) is 45.7 Å². The van der Waals surface area contributed by atoms with E-state index < -0.39 is 14.8 Å². The maximum Gasteiger partial charge on any atom is 0.216 e. The molecule has 5 nitrogen and oxygen atoms in total. The Labute approximate surface area is 151 Å². The van der Waals surface area contributed by atoms with Gasteiger partial charge in [-0.05, 0) is 52.7 Å². The normalized spacial score (nSPS) is 12.5. The molecule has 25 heavy (non-hydrogen) atoms. The molecule has 0 saturated heterocycles. The summed E-state index contributed by atoms with van der Waals surface area (Å²) in [5.41, 5.74) is 3.11. The molecular weight excluding hydrogens is 334 g/mol. The van der Waals surface area contributed by atoms with Gasteiger partial charge < -0.3 is 5.32 Å². The van der Waals surface area contributed by atoms with Crippen LogP contribution in [0, 0.1) is 6.92 Å². The van der Waals surface area contributed by atoms with Crippen molar-refractivity contribution in [2.45, 2.75) is 51.7 Å². The number of hydrogen-bond donors (Lipinski definition) is 2. The molecule has 0 radical (unpaired) electrons. The molecule has 2 aromatic rings. The monoisotopic (exact) mass is 363 g/mol. The number of pyridine rings is 1. The Kier molecular flexibility index (Phi) is 6.41. The van der Waals surface area contributed by atoms with Gasteiger partial charge in [-0.1, -0.05) is 24.6 Å². The standard InChI is InChI=1S/C19H29N3O2S/c1-15-14-18(16-10-6-7-11-17(16)22-15)20-12-8-5-9-13-21-25(23,24)19(2,3)4/h6-7,10-11,14,21H,5,8-9,12-13H2,1-4H3,(H,20,22). The highest BCUT2D eigenvalue weighted by atomic mass is 32.2. The number of nitrogens with one attached hydrogen (secondary N) is 2. The van der Waals surface area contributed by atoms with E-state index in [2.05, 4.69) is 27.2 Å². The van der Waals surface area contributed by atoms with Gasteiger partial charge in [-0.2, -0.15) is 0 Å². The van der Waals surface area contributed by atoms with Crippen molar-refractivity contribution in [3.63, 3.8) is 0 Å². The van der Waals surface area contributed by atoms with Crippen LogP contribution >= 0.6 is 0 Å². The van der Waals surface area contributed by atoms with Crippen LogP contribution in [0.3, 0.4) is 0 Å². The molecule has 0 aliphatic carbocycles. The Morgan fingerprint density at radius 1 is 1.04 bits per heavy atom. The van der Waals surface area contributed by atoms with Gasteiger partial charge in [0.15, 0.2) is 0 Å². The van der Waals surface area contributed by atoms with Gasteiger partial charge >= 0.3 is 0 Å². The molecule has 0 bridgehead atoms. The van der Waals surface area contributed by atoms with Crippen molar-refractivity contribution in [3.05, 3.63) is 36.0 Å². The number of rotatable bonds is 8. The summed E-state index contributed by atoms with van der Waals surface area (Å²) in [6.07, 6.45) is 2.81. The van der Waals surface area contributed by atoms with Crippen molar-refractivity contribution in [3.8, 4) is 0 Å². The lowest BCUT2D eigenvalue weighted by Crippen LogP contribution is -2.39. The molecule has 0 saturated carbocycles. The number of unbranched alkanes of at least 4 members (excludes halogenated alkanes) is 2. The van der Waals surface area contributed by atoms with Crippen LogP contribution in [0.2, 0.25) is 0 Å². The number of nitrogens with zero attached hydrogens (tertiary/aromatic N) is 1. The number of aromatic nitrogens is 1. The second-order valence-electron chi connectivity index (χ2n) is 7.33. The lowest BCUT2D eigenvalue weighted by atomic mass is 10.1. The number of hydrogen-bond acceptors (Lipinski definition) is 4. The van der Waals surface area contributed by atoms with Crippen molar-refractivity contribution in [2.75, 3.05) is 18.4 Å². The average Bonchev–Trinajstić information content (AvgIpc) is 2.52. The van der Waals surface area contributed by atoms with E-state index in [4.69, 9.17) is 0 Å². The van der Waals surface area contributed by atoms with Crippen LogP contribution in [0.4, 0.5) is 5.69 Å². The van der Waals surface area contributed by atoms with E-state index in [1.54, 1.807) is 20.8 Å². The first-order valence-corrected chi connectivity index (χ1v) is 10.3. The molecule has 1 aromatic heterocycles. The second kappa shape index (κ2) is 8.15. The summed E-state index contributed by atoms with van der Waals surface area (Å²) in [6.45, 7) is 8.48. The van der Waals surface area contributed by atoms with Crippen molar-refractivity contribution in [2.24, 2.45) is 0 Å². The molecule has 2 rings (SSSR count). The molecule has 0 atom stereocenters. The third-order valence-corrected chi connectivity index (χ3v) is 6.31. The van der Waals surface area contributed by atoms with Crippen LogP contribution in [0.25, 0.3) is 10.9 Å². The molecular formula is C19H29N3O2S. The first-order valence-electron chi connectivity index (χ1n) is 8.80. The predicted octanol–water partition coefficient (Wildman–Crippen LogP) is 3.84. The summed E-state index contributed by atoms with van der Waals surface area (Å²) in [7, 11) is -3.24. The quantitative estimate of drug-likeness (QED) is 0.699. The molecule has 6 heteroatoms. The van der Waals surface area contributed by atoms with E-state index >= 15 is 0 Å². The van der Waals surface area contributed by atoms with Gasteiger partial charge in [-0.25, -0.2) is 13.1 Å². The Hall–Kier alpha value is -1.66. The summed E-state index contributed by atoms with van der Waals surface area (Å²) >= 11 is 0. The zero-order chi connectivity index (χ0) is 18.5. The SMILES string of the molecule is Cc1cc(NCCCCCNS(=O)(=O)C(C)(C)C)c2ccccc2n1. The fraction of sp³-hybridized carbons (Fsp3) is 0.526. The van der Waals surface area contributed by atoms with Crippen molar-refractivity contribution in [1.82, 2.24) is 9.71 Å². The number of fused-ring (bicyclic) bond motifs is 1. The van der Waals surface area contributed by atoms with Crippen LogP contribution in [-0.4, -0.2) is 31.2 Å². The first kappa shape index (κ1) is 19.7. The van der Waals surface area contributed by atoms with Gasteiger partial charge in [-0.15, -0.1) is 0 Å². The third kappa shape index (κ3) is 5.41. The molecule has 0 amide bonds. The molecule has 2 N–H and O–H groups in total. The van der Waals surface area contributed by atoms with Crippen LogP contribution < -0.4 is 10.0 Å². The number of sulfonamides is 1. The minimum Gasteiger partial charge on any atom is -0.384 e. The van der Waals surface area contributed by atoms with E-state index in [1.807, 2.05) is 25.1 Å². The van der Waals surface area contributed by atoms with Gasteiger partial charge in [0.05, 0.1) is 10.3 Å². The van der Waals surface area contributed by atoms with E-state index in [0.717, 1.165) is 48.1 Å². The molecule has 0 aliphatic heterocycles. The van der Waals surface area contributed by atoms with E-state index in [-0.39, 0.29) is 0 Å². The van der Waals surface area contributed by atoms with E-state index in [0.29, 0.717) is 6.54 Å². The Bertz CT molecular complexity index is 811. The molecule has 138 valence electrons. The summed E-state index contributed by atoms with van der Waals surface area (Å²) < 4.78 is 25.8. The van der Waals surface area contributed by atoms with E-state index in [9.17, 15) is 8.42 Å². The van der Waals surface area contributed by atoms with Crippen molar-refractivity contribution in [1.29, 1.82) is 0 Å². The van der Waals surface area contributed by atoms with Gasteiger partial charge in [0.25, 0.3) is 0 Å². The maximum atomic E-state index is 12.0. The minimum atomic E-state index is -3.24. The van der Waals surface area contributed by atoms with Crippen LogP contribution in [0.15, 0.2) is 30.3 Å². The zero-order valence-electron chi connectivity index (χ0n) is 15.6. The largest absolute Gasteiger partial charge is 0.384 e. The number of anilines is 1. The van der Waals surface area contributed by atoms with Gasteiger partial charge in [0.2, 0.25) is 10.0 Å².